The molecule has 1 heterocycles. The molecule has 0 atom stereocenters. The van der Waals surface area contributed by atoms with E-state index in [0.717, 1.165) is 16.8 Å². The SMILES string of the molecule is Cc1nc(COc2ccc(C(=O)Nc3ccc(S(=O)(=O)Nc4cccc(F)c4)cc3)cc2)cs1. The number of benzene rings is 3. The molecule has 0 radical (unpaired) electrons. The number of ether oxygens (including phenoxy) is 1. The van der Waals surface area contributed by atoms with Crippen LogP contribution in [0.25, 0.3) is 0 Å². The molecule has 0 spiro atoms. The normalized spacial score (nSPS) is 11.1. The third kappa shape index (κ3) is 5.97. The number of halogens is 1. The summed E-state index contributed by atoms with van der Waals surface area (Å²) in [6, 6.07) is 17.5. The molecule has 0 saturated carbocycles. The summed E-state index contributed by atoms with van der Waals surface area (Å²) in [7, 11) is -3.90. The van der Waals surface area contributed by atoms with Crippen molar-refractivity contribution >= 4 is 38.6 Å². The number of anilines is 2. The molecule has 0 aliphatic carbocycles. The number of amides is 1. The van der Waals surface area contributed by atoms with Crippen molar-refractivity contribution in [1.29, 1.82) is 0 Å². The summed E-state index contributed by atoms with van der Waals surface area (Å²) in [5, 5.41) is 5.63. The number of sulfonamides is 1. The van der Waals surface area contributed by atoms with Crippen molar-refractivity contribution in [3.8, 4) is 5.75 Å². The highest BCUT2D eigenvalue weighted by Crippen LogP contribution is 2.20. The highest BCUT2D eigenvalue weighted by molar-refractivity contribution is 7.92. The lowest BCUT2D eigenvalue weighted by atomic mass is 10.2. The van der Waals surface area contributed by atoms with Crippen molar-refractivity contribution in [3.05, 3.63) is 100 Å². The van der Waals surface area contributed by atoms with Crippen molar-refractivity contribution in [3.63, 3.8) is 0 Å². The third-order valence-corrected chi connectivity index (χ3v) is 6.89. The highest BCUT2D eigenvalue weighted by atomic mass is 32.2. The van der Waals surface area contributed by atoms with Crippen molar-refractivity contribution in [2.45, 2.75) is 18.4 Å². The van der Waals surface area contributed by atoms with Gasteiger partial charge in [-0.25, -0.2) is 17.8 Å². The lowest BCUT2D eigenvalue weighted by molar-refractivity contribution is 0.102. The first-order valence-electron chi connectivity index (χ1n) is 10.1. The van der Waals surface area contributed by atoms with Crippen LogP contribution in [0, 0.1) is 12.7 Å². The smallest absolute Gasteiger partial charge is 0.261 e. The van der Waals surface area contributed by atoms with E-state index in [1.54, 1.807) is 35.6 Å². The predicted molar refractivity (Wildman–Crippen MR) is 129 cm³/mol. The molecule has 4 rings (SSSR count). The number of thiazole rings is 1. The lowest BCUT2D eigenvalue weighted by Gasteiger charge is -2.10. The van der Waals surface area contributed by atoms with Crippen molar-refractivity contribution in [2.75, 3.05) is 10.0 Å². The molecule has 0 saturated heterocycles. The van der Waals surface area contributed by atoms with Crippen LogP contribution >= 0.6 is 11.3 Å². The molecule has 1 amide bonds. The Bertz CT molecular complexity index is 1400. The van der Waals surface area contributed by atoms with Gasteiger partial charge in [0.15, 0.2) is 0 Å². The van der Waals surface area contributed by atoms with Gasteiger partial charge in [-0.15, -0.1) is 11.3 Å². The lowest BCUT2D eigenvalue weighted by Crippen LogP contribution is -2.14. The number of aromatic nitrogens is 1. The minimum atomic E-state index is -3.90. The minimum absolute atomic E-state index is 0.0217. The first-order chi connectivity index (χ1) is 16.3. The molecule has 174 valence electrons. The number of nitrogens with zero attached hydrogens (tertiary/aromatic N) is 1. The summed E-state index contributed by atoms with van der Waals surface area (Å²) in [5.41, 5.74) is 1.81. The van der Waals surface area contributed by atoms with Gasteiger partial charge in [0.25, 0.3) is 15.9 Å². The van der Waals surface area contributed by atoms with Crippen LogP contribution in [0.1, 0.15) is 21.1 Å². The second-order valence-corrected chi connectivity index (χ2v) is 10.0. The number of aryl methyl sites for hydroxylation is 1. The topological polar surface area (TPSA) is 97.4 Å². The van der Waals surface area contributed by atoms with E-state index in [1.807, 2.05) is 12.3 Å². The Morgan fingerprint density at radius 1 is 1.03 bits per heavy atom. The van der Waals surface area contributed by atoms with Gasteiger partial charge in [-0.05, 0) is 73.7 Å². The van der Waals surface area contributed by atoms with E-state index in [9.17, 15) is 17.6 Å². The van der Waals surface area contributed by atoms with Crippen LogP contribution in [0.4, 0.5) is 15.8 Å². The fourth-order valence-electron chi connectivity index (χ4n) is 3.02. The molecule has 0 fully saturated rings. The van der Waals surface area contributed by atoms with Gasteiger partial charge >= 0.3 is 0 Å². The Morgan fingerprint density at radius 3 is 2.41 bits per heavy atom. The van der Waals surface area contributed by atoms with Crippen LogP contribution in [0.2, 0.25) is 0 Å². The van der Waals surface area contributed by atoms with Crippen molar-refractivity contribution < 1.29 is 22.3 Å². The quantitative estimate of drug-likeness (QED) is 0.348. The molecule has 0 aliphatic heterocycles. The molecule has 0 unspecified atom stereocenters. The van der Waals surface area contributed by atoms with Gasteiger partial charge in [0.2, 0.25) is 0 Å². The van der Waals surface area contributed by atoms with Crippen molar-refractivity contribution in [1.82, 2.24) is 4.98 Å². The van der Waals surface area contributed by atoms with E-state index in [2.05, 4.69) is 15.0 Å². The average molecular weight is 498 g/mol. The molecule has 0 bridgehead atoms. The van der Waals surface area contributed by atoms with Gasteiger partial charge in [-0.3, -0.25) is 9.52 Å². The number of nitrogens with one attached hydrogen (secondary N) is 2. The Hall–Kier alpha value is -3.76. The van der Waals surface area contributed by atoms with E-state index in [1.165, 1.54) is 42.5 Å². The maximum Gasteiger partial charge on any atom is 0.261 e. The highest BCUT2D eigenvalue weighted by Gasteiger charge is 2.15. The summed E-state index contributed by atoms with van der Waals surface area (Å²) in [6.07, 6.45) is 0. The fourth-order valence-corrected chi connectivity index (χ4v) is 4.67. The molecule has 3 aromatic carbocycles. The van der Waals surface area contributed by atoms with Gasteiger partial charge < -0.3 is 10.1 Å². The summed E-state index contributed by atoms with van der Waals surface area (Å²) in [6.45, 7) is 2.27. The Kier molecular flexibility index (Phi) is 6.90. The molecular weight excluding hydrogens is 477 g/mol. The van der Waals surface area contributed by atoms with Crippen LogP contribution in [0.15, 0.2) is 83.1 Å². The van der Waals surface area contributed by atoms with Gasteiger partial charge in [-0.2, -0.15) is 0 Å². The summed E-state index contributed by atoms with van der Waals surface area (Å²) < 4.78 is 46.3. The zero-order valence-electron chi connectivity index (χ0n) is 18.0. The molecule has 34 heavy (non-hydrogen) atoms. The Labute approximate surface area is 200 Å². The standard InChI is InChI=1S/C24H20FN3O4S2/c1-16-26-21(15-33-16)14-32-22-9-5-17(6-10-22)24(29)27-19-7-11-23(12-8-19)34(30,31)28-20-4-2-3-18(25)13-20/h2-13,15,28H,14H2,1H3,(H,27,29). The Morgan fingerprint density at radius 2 is 1.76 bits per heavy atom. The fraction of sp³-hybridized carbons (Fsp3) is 0.0833. The summed E-state index contributed by atoms with van der Waals surface area (Å²) in [5.74, 6) is -0.287. The monoisotopic (exact) mass is 497 g/mol. The number of hydrogen-bond acceptors (Lipinski definition) is 6. The number of hydrogen-bond donors (Lipinski definition) is 2. The van der Waals surface area contributed by atoms with Crippen LogP contribution < -0.4 is 14.8 Å². The number of carbonyl (C=O) groups is 1. The van der Waals surface area contributed by atoms with E-state index in [0.29, 0.717) is 23.6 Å². The summed E-state index contributed by atoms with van der Waals surface area (Å²) in [4.78, 5) is 16.9. The number of rotatable bonds is 8. The van der Waals surface area contributed by atoms with Gasteiger partial charge in [0.05, 0.1) is 21.3 Å². The molecule has 10 heteroatoms. The largest absolute Gasteiger partial charge is 0.487 e. The van der Waals surface area contributed by atoms with Crippen molar-refractivity contribution in [2.24, 2.45) is 0 Å². The van der Waals surface area contributed by atoms with E-state index < -0.39 is 15.8 Å². The Balaban J connectivity index is 1.35. The molecule has 4 aromatic rings. The molecule has 7 nitrogen and oxygen atoms in total. The summed E-state index contributed by atoms with van der Waals surface area (Å²) >= 11 is 1.55. The van der Waals surface area contributed by atoms with Gasteiger partial charge in [0.1, 0.15) is 18.2 Å². The van der Waals surface area contributed by atoms with E-state index in [-0.39, 0.29) is 16.5 Å². The van der Waals surface area contributed by atoms with Crippen LogP contribution in [-0.2, 0) is 16.6 Å². The van der Waals surface area contributed by atoms with Gasteiger partial charge in [-0.1, -0.05) is 6.07 Å². The van der Waals surface area contributed by atoms with E-state index in [4.69, 9.17) is 4.74 Å². The minimum Gasteiger partial charge on any atom is -0.487 e. The maximum absolute atomic E-state index is 13.3. The second-order valence-electron chi connectivity index (χ2n) is 7.27. The third-order valence-electron chi connectivity index (χ3n) is 4.67. The first kappa shape index (κ1) is 23.4. The maximum atomic E-state index is 13.3. The van der Waals surface area contributed by atoms with Gasteiger partial charge in [0, 0.05) is 16.6 Å². The van der Waals surface area contributed by atoms with E-state index >= 15 is 0 Å². The predicted octanol–water partition coefficient (Wildman–Crippen LogP) is 5.22. The van der Waals surface area contributed by atoms with Crippen LogP contribution in [-0.4, -0.2) is 19.3 Å². The van der Waals surface area contributed by atoms with Crippen LogP contribution in [0.3, 0.4) is 0 Å². The zero-order chi connectivity index (χ0) is 24.1. The zero-order valence-corrected chi connectivity index (χ0v) is 19.6. The molecule has 0 aliphatic rings. The molecule has 2 N–H and O–H groups in total. The number of carbonyl (C=O) groups excluding carboxylic acids is 1. The molecular formula is C24H20FN3O4S2. The first-order valence-corrected chi connectivity index (χ1v) is 12.5. The average Bonchev–Trinajstić information content (AvgIpc) is 3.23. The molecule has 1 aromatic heterocycles. The second kappa shape index (κ2) is 10.0. The van der Waals surface area contributed by atoms with Crippen LogP contribution in [0.5, 0.6) is 5.75 Å².